The molecule has 3 rings (SSSR count). The number of anilines is 3. The molecule has 1 aliphatic rings. The highest BCUT2D eigenvalue weighted by Gasteiger charge is 2.33. The van der Waals surface area contributed by atoms with Crippen molar-refractivity contribution >= 4 is 29.3 Å². The van der Waals surface area contributed by atoms with Crippen molar-refractivity contribution in [3.8, 4) is 11.8 Å². The van der Waals surface area contributed by atoms with Crippen molar-refractivity contribution < 1.29 is 18.7 Å². The SMILES string of the molecule is CCCNc1nc(Nc2ccc(F)cc2)ncc1C#CC1CC(CC(=O)[C@H](C)N(C)C(=O)OC(C)(C)C)C1. The number of nitrogens with zero attached hydrogens (tertiary/aromatic N) is 3. The molecule has 1 atom stereocenters. The molecular weight excluding hydrogens is 485 g/mol. The fourth-order valence-electron chi connectivity index (χ4n) is 3.94. The van der Waals surface area contributed by atoms with Gasteiger partial charge in [-0.2, -0.15) is 4.98 Å². The molecule has 2 aromatic rings. The van der Waals surface area contributed by atoms with E-state index in [0.29, 0.717) is 29.4 Å². The largest absolute Gasteiger partial charge is 0.444 e. The van der Waals surface area contributed by atoms with Crippen LogP contribution in [0, 0.1) is 29.5 Å². The molecule has 1 aliphatic carbocycles. The van der Waals surface area contributed by atoms with E-state index in [1.54, 1.807) is 53.1 Å². The molecule has 1 saturated carbocycles. The summed E-state index contributed by atoms with van der Waals surface area (Å²) < 4.78 is 18.5. The van der Waals surface area contributed by atoms with Gasteiger partial charge in [-0.25, -0.2) is 14.2 Å². The number of aromatic nitrogens is 2. The smallest absolute Gasteiger partial charge is 0.410 e. The lowest BCUT2D eigenvalue weighted by molar-refractivity contribution is -0.125. The molecule has 2 N–H and O–H groups in total. The van der Waals surface area contributed by atoms with Crippen LogP contribution in [0.25, 0.3) is 0 Å². The first-order valence-corrected chi connectivity index (χ1v) is 13.1. The summed E-state index contributed by atoms with van der Waals surface area (Å²) >= 11 is 0. The molecule has 38 heavy (non-hydrogen) atoms. The maximum atomic E-state index is 13.2. The van der Waals surface area contributed by atoms with Crippen molar-refractivity contribution in [1.29, 1.82) is 0 Å². The first kappa shape index (κ1) is 28.9. The summed E-state index contributed by atoms with van der Waals surface area (Å²) in [5.74, 6) is 7.72. The van der Waals surface area contributed by atoms with Gasteiger partial charge < -0.3 is 20.3 Å². The van der Waals surface area contributed by atoms with Crippen LogP contribution in [0.1, 0.15) is 65.9 Å². The second-order valence-corrected chi connectivity index (χ2v) is 10.8. The van der Waals surface area contributed by atoms with Gasteiger partial charge in [0.1, 0.15) is 17.2 Å². The van der Waals surface area contributed by atoms with Gasteiger partial charge in [-0.3, -0.25) is 4.79 Å². The Balaban J connectivity index is 1.56. The maximum Gasteiger partial charge on any atom is 0.410 e. The number of amides is 1. The van der Waals surface area contributed by atoms with Crippen LogP contribution in [-0.2, 0) is 9.53 Å². The number of likely N-dealkylation sites (N-methyl/N-ethyl adjacent to an activating group) is 1. The van der Waals surface area contributed by atoms with Crippen LogP contribution in [0.15, 0.2) is 30.5 Å². The van der Waals surface area contributed by atoms with Crippen LogP contribution >= 0.6 is 0 Å². The number of carbonyl (C=O) groups excluding carboxylic acids is 2. The monoisotopic (exact) mass is 523 g/mol. The van der Waals surface area contributed by atoms with Gasteiger partial charge in [-0.05, 0) is 77.1 Å². The fourth-order valence-corrected chi connectivity index (χ4v) is 3.94. The Labute approximate surface area is 224 Å². The Bertz CT molecular complexity index is 1180. The third kappa shape index (κ3) is 8.44. The molecule has 1 aromatic heterocycles. The summed E-state index contributed by atoms with van der Waals surface area (Å²) in [4.78, 5) is 35.3. The fraction of sp³-hybridized carbons (Fsp3) is 0.517. The average Bonchev–Trinajstić information content (AvgIpc) is 2.84. The summed E-state index contributed by atoms with van der Waals surface area (Å²) in [7, 11) is 1.60. The molecule has 0 radical (unpaired) electrons. The molecular formula is C29H38FN5O3. The number of benzene rings is 1. The second kappa shape index (κ2) is 12.7. The zero-order chi connectivity index (χ0) is 27.9. The molecule has 1 aromatic carbocycles. The van der Waals surface area contributed by atoms with Crippen molar-refractivity contribution in [3.63, 3.8) is 0 Å². The molecule has 0 spiro atoms. The minimum absolute atomic E-state index is 0.0264. The van der Waals surface area contributed by atoms with Gasteiger partial charge in [0.25, 0.3) is 0 Å². The lowest BCUT2D eigenvalue weighted by Crippen LogP contribution is -2.44. The number of carbonyl (C=O) groups is 2. The van der Waals surface area contributed by atoms with Gasteiger partial charge in [-0.15, -0.1) is 0 Å². The van der Waals surface area contributed by atoms with E-state index in [-0.39, 0.29) is 23.4 Å². The Morgan fingerprint density at radius 1 is 1.24 bits per heavy atom. The van der Waals surface area contributed by atoms with Gasteiger partial charge in [0.05, 0.1) is 17.8 Å². The molecule has 1 heterocycles. The lowest BCUT2D eigenvalue weighted by atomic mass is 9.72. The molecule has 8 nitrogen and oxygen atoms in total. The number of ether oxygens (including phenoxy) is 1. The highest BCUT2D eigenvalue weighted by molar-refractivity contribution is 5.87. The van der Waals surface area contributed by atoms with Gasteiger partial charge in [0, 0.05) is 31.6 Å². The van der Waals surface area contributed by atoms with Crippen LogP contribution in [0.5, 0.6) is 0 Å². The van der Waals surface area contributed by atoms with E-state index in [0.717, 1.165) is 25.8 Å². The molecule has 0 bridgehead atoms. The topological polar surface area (TPSA) is 96.5 Å². The maximum absolute atomic E-state index is 13.2. The predicted molar refractivity (Wildman–Crippen MR) is 147 cm³/mol. The van der Waals surface area contributed by atoms with Crippen molar-refractivity contribution in [2.45, 2.75) is 71.9 Å². The lowest BCUT2D eigenvalue weighted by Gasteiger charge is -2.33. The van der Waals surface area contributed by atoms with E-state index in [1.165, 1.54) is 17.0 Å². The molecule has 204 valence electrons. The molecule has 1 amide bonds. The molecule has 1 fully saturated rings. The number of hydrogen-bond donors (Lipinski definition) is 2. The number of hydrogen-bond acceptors (Lipinski definition) is 7. The Morgan fingerprint density at radius 3 is 2.55 bits per heavy atom. The Kier molecular flexibility index (Phi) is 9.67. The third-order valence-electron chi connectivity index (χ3n) is 6.30. The molecule has 0 saturated heterocycles. The van der Waals surface area contributed by atoms with Crippen LogP contribution in [0.3, 0.4) is 0 Å². The highest BCUT2D eigenvalue weighted by atomic mass is 19.1. The Hall–Kier alpha value is -3.67. The molecule has 0 unspecified atom stereocenters. The zero-order valence-electron chi connectivity index (χ0n) is 23.1. The van der Waals surface area contributed by atoms with E-state index in [4.69, 9.17) is 4.74 Å². The van der Waals surface area contributed by atoms with Crippen molar-refractivity contribution in [2.24, 2.45) is 11.8 Å². The van der Waals surface area contributed by atoms with Gasteiger partial charge >= 0.3 is 6.09 Å². The van der Waals surface area contributed by atoms with Gasteiger partial charge in [0.15, 0.2) is 5.78 Å². The molecule has 0 aliphatic heterocycles. The number of nitrogens with one attached hydrogen (secondary N) is 2. The number of Topliss-reactive ketones (excluding diaryl/α,β-unsaturated/α-hetero) is 1. The summed E-state index contributed by atoms with van der Waals surface area (Å²) in [5.41, 5.74) is 0.785. The second-order valence-electron chi connectivity index (χ2n) is 10.8. The minimum Gasteiger partial charge on any atom is -0.444 e. The van der Waals surface area contributed by atoms with Crippen LogP contribution < -0.4 is 10.6 Å². The zero-order valence-corrected chi connectivity index (χ0v) is 23.1. The summed E-state index contributed by atoms with van der Waals surface area (Å²) in [5, 5.41) is 6.38. The van der Waals surface area contributed by atoms with Crippen molar-refractivity contribution in [3.05, 3.63) is 41.8 Å². The van der Waals surface area contributed by atoms with E-state index in [9.17, 15) is 14.0 Å². The summed E-state index contributed by atoms with van der Waals surface area (Å²) in [6, 6.07) is 5.45. The predicted octanol–water partition coefficient (Wildman–Crippen LogP) is 5.77. The van der Waals surface area contributed by atoms with Crippen LogP contribution in [-0.4, -0.2) is 52.0 Å². The summed E-state index contributed by atoms with van der Waals surface area (Å²) in [6.45, 7) is 9.95. The quantitative estimate of drug-likeness (QED) is 0.403. The van der Waals surface area contributed by atoms with Gasteiger partial charge in [0.2, 0.25) is 5.95 Å². The average molecular weight is 524 g/mol. The van der Waals surface area contributed by atoms with Crippen LogP contribution in [0.2, 0.25) is 0 Å². The first-order chi connectivity index (χ1) is 17.9. The molecule has 9 heteroatoms. The normalized spacial score (nSPS) is 17.3. The summed E-state index contributed by atoms with van der Waals surface area (Å²) in [6.07, 6.45) is 4.20. The first-order valence-electron chi connectivity index (χ1n) is 13.1. The van der Waals surface area contributed by atoms with Crippen LogP contribution in [0.4, 0.5) is 26.6 Å². The Morgan fingerprint density at radius 2 is 1.92 bits per heavy atom. The van der Waals surface area contributed by atoms with E-state index < -0.39 is 17.7 Å². The minimum atomic E-state index is -0.607. The van der Waals surface area contributed by atoms with Crippen molar-refractivity contribution in [2.75, 3.05) is 24.2 Å². The van der Waals surface area contributed by atoms with E-state index in [1.807, 2.05) is 0 Å². The number of rotatable bonds is 9. The van der Waals surface area contributed by atoms with Gasteiger partial charge in [-0.1, -0.05) is 18.8 Å². The van der Waals surface area contributed by atoms with Crippen molar-refractivity contribution in [1.82, 2.24) is 14.9 Å². The number of halogens is 1. The van der Waals surface area contributed by atoms with E-state index >= 15 is 0 Å². The number of ketones is 1. The van der Waals surface area contributed by atoms with E-state index in [2.05, 4.69) is 39.4 Å². The third-order valence-corrected chi connectivity index (χ3v) is 6.30. The highest BCUT2D eigenvalue weighted by Crippen LogP contribution is 2.36. The standard InChI is InChI=1S/C29H38FN5O3/c1-7-14-31-26-22(18-32-27(34-26)33-24-12-10-23(30)11-13-24)9-8-20-15-21(16-20)17-25(36)19(2)35(6)28(37)38-29(3,4)5/h10-13,18-21H,7,14-17H2,1-6H3,(H2,31,32,33,34)/t19-,20?,21?/m0/s1.